The van der Waals surface area contributed by atoms with Crippen molar-refractivity contribution in [3.05, 3.63) is 54.4 Å². The van der Waals surface area contributed by atoms with Crippen LogP contribution in [0.1, 0.15) is 18.4 Å². The third-order valence-corrected chi connectivity index (χ3v) is 4.35. The van der Waals surface area contributed by atoms with Crippen molar-refractivity contribution in [1.82, 2.24) is 15.5 Å². The van der Waals surface area contributed by atoms with Gasteiger partial charge in [0.25, 0.3) is 5.89 Å². The van der Waals surface area contributed by atoms with Gasteiger partial charge in [-0.1, -0.05) is 12.1 Å². The quantitative estimate of drug-likeness (QED) is 0.465. The summed E-state index contributed by atoms with van der Waals surface area (Å²) in [5.74, 6) is 1.20. The standard InChI is InChI=1S/C20H21N5O4S/c1-27-13-9-7-12(8-10-13)22-20(30)23-15(11-17(21)26)19-25-24-18(29-19)14-5-3-4-6-16(14)28-2/h3-10,15H,11H2,1-2H3,(H2,21,26)(H2,22,23,30)/t15-/m0/s1. The maximum atomic E-state index is 11.6. The van der Waals surface area contributed by atoms with Crippen LogP contribution in [0.3, 0.4) is 0 Å². The molecule has 2 aromatic carbocycles. The Morgan fingerprint density at radius 1 is 1.13 bits per heavy atom. The minimum Gasteiger partial charge on any atom is -0.497 e. The third-order valence-electron chi connectivity index (χ3n) is 4.13. The molecule has 1 atom stereocenters. The summed E-state index contributed by atoms with van der Waals surface area (Å²) in [4.78, 5) is 11.6. The fraction of sp³-hybridized carbons (Fsp3) is 0.200. The van der Waals surface area contributed by atoms with Crippen molar-refractivity contribution in [3.63, 3.8) is 0 Å². The Bertz CT molecular complexity index is 1020. The number of hydrogen-bond donors (Lipinski definition) is 3. The van der Waals surface area contributed by atoms with E-state index in [1.165, 1.54) is 0 Å². The maximum Gasteiger partial charge on any atom is 0.251 e. The van der Waals surface area contributed by atoms with Crippen LogP contribution in [0.5, 0.6) is 11.5 Å². The van der Waals surface area contributed by atoms with Gasteiger partial charge in [0, 0.05) is 5.69 Å². The van der Waals surface area contributed by atoms with E-state index in [1.807, 2.05) is 24.3 Å². The van der Waals surface area contributed by atoms with E-state index < -0.39 is 11.9 Å². The van der Waals surface area contributed by atoms with E-state index in [4.69, 9.17) is 31.8 Å². The maximum absolute atomic E-state index is 11.6. The first kappa shape index (κ1) is 21.1. The predicted octanol–water partition coefficient (Wildman–Crippen LogP) is 2.66. The smallest absolute Gasteiger partial charge is 0.251 e. The fourth-order valence-electron chi connectivity index (χ4n) is 2.71. The fourth-order valence-corrected chi connectivity index (χ4v) is 2.97. The second-order valence-corrected chi connectivity index (χ2v) is 6.60. The van der Waals surface area contributed by atoms with Crippen molar-refractivity contribution in [2.75, 3.05) is 19.5 Å². The van der Waals surface area contributed by atoms with Crippen LogP contribution in [0, 0.1) is 0 Å². The summed E-state index contributed by atoms with van der Waals surface area (Å²) < 4.78 is 16.2. The molecule has 9 nitrogen and oxygen atoms in total. The first-order chi connectivity index (χ1) is 14.5. The van der Waals surface area contributed by atoms with E-state index in [1.54, 1.807) is 38.5 Å². The first-order valence-electron chi connectivity index (χ1n) is 8.96. The number of nitrogens with zero attached hydrogens (tertiary/aromatic N) is 2. The number of carbonyl (C=O) groups is 1. The second kappa shape index (κ2) is 9.70. The summed E-state index contributed by atoms with van der Waals surface area (Å²) in [6, 6.07) is 13.7. The SMILES string of the molecule is COc1ccc(NC(=S)N[C@@H](CC(N)=O)c2nnc(-c3ccccc3OC)o2)cc1. The van der Waals surface area contributed by atoms with Crippen molar-refractivity contribution >= 4 is 28.9 Å². The van der Waals surface area contributed by atoms with Crippen molar-refractivity contribution in [2.45, 2.75) is 12.5 Å². The summed E-state index contributed by atoms with van der Waals surface area (Å²) in [7, 11) is 3.14. The third kappa shape index (κ3) is 5.23. The number of methoxy groups -OCH3 is 2. The number of nitrogens with one attached hydrogen (secondary N) is 2. The average molecular weight is 427 g/mol. The molecule has 0 bridgehead atoms. The van der Waals surface area contributed by atoms with E-state index in [9.17, 15) is 4.79 Å². The molecule has 0 unspecified atom stereocenters. The number of benzene rings is 2. The number of carbonyl (C=O) groups excluding carboxylic acids is 1. The Labute approximate surface area is 178 Å². The molecule has 0 aliphatic rings. The number of aromatic nitrogens is 2. The van der Waals surface area contributed by atoms with Gasteiger partial charge >= 0.3 is 0 Å². The molecule has 10 heteroatoms. The van der Waals surface area contributed by atoms with E-state index in [0.29, 0.717) is 11.3 Å². The van der Waals surface area contributed by atoms with E-state index >= 15 is 0 Å². The van der Waals surface area contributed by atoms with Gasteiger partial charge in [-0.2, -0.15) is 0 Å². The van der Waals surface area contributed by atoms with Crippen LogP contribution in [0.4, 0.5) is 5.69 Å². The van der Waals surface area contributed by atoms with E-state index in [0.717, 1.165) is 11.4 Å². The highest BCUT2D eigenvalue weighted by Crippen LogP contribution is 2.30. The molecule has 0 fully saturated rings. The Kier molecular flexibility index (Phi) is 6.81. The number of nitrogens with two attached hydrogens (primary N) is 1. The Balaban J connectivity index is 1.76. The number of anilines is 1. The molecule has 1 aromatic heterocycles. The van der Waals surface area contributed by atoms with Crippen molar-refractivity contribution < 1.29 is 18.7 Å². The van der Waals surface area contributed by atoms with Gasteiger partial charge in [0.1, 0.15) is 17.5 Å². The summed E-state index contributed by atoms with van der Waals surface area (Å²) in [6.07, 6.45) is -0.0853. The zero-order valence-electron chi connectivity index (χ0n) is 16.4. The van der Waals surface area contributed by atoms with Crippen LogP contribution >= 0.6 is 12.2 Å². The summed E-state index contributed by atoms with van der Waals surface area (Å²) in [6.45, 7) is 0. The van der Waals surface area contributed by atoms with Crippen LogP contribution in [0.25, 0.3) is 11.5 Å². The zero-order chi connectivity index (χ0) is 21.5. The van der Waals surface area contributed by atoms with Crippen molar-refractivity contribution in [3.8, 4) is 23.0 Å². The van der Waals surface area contributed by atoms with Gasteiger partial charge in [-0.15, -0.1) is 10.2 Å². The molecule has 0 aliphatic heterocycles. The Morgan fingerprint density at radius 2 is 1.87 bits per heavy atom. The summed E-state index contributed by atoms with van der Waals surface area (Å²) >= 11 is 5.35. The molecule has 3 aromatic rings. The topological polar surface area (TPSA) is 125 Å². The molecule has 1 amide bonds. The lowest BCUT2D eigenvalue weighted by Gasteiger charge is -2.17. The minimum absolute atomic E-state index is 0.0853. The lowest BCUT2D eigenvalue weighted by molar-refractivity contribution is -0.118. The molecule has 0 radical (unpaired) electrons. The molecule has 0 aliphatic carbocycles. The largest absolute Gasteiger partial charge is 0.497 e. The minimum atomic E-state index is -0.697. The van der Waals surface area contributed by atoms with Crippen LogP contribution < -0.4 is 25.8 Å². The molecule has 0 spiro atoms. The van der Waals surface area contributed by atoms with Gasteiger partial charge in [-0.3, -0.25) is 4.79 Å². The number of hydrogen-bond acceptors (Lipinski definition) is 7. The Hall–Kier alpha value is -3.66. The highest BCUT2D eigenvalue weighted by atomic mass is 32.1. The van der Waals surface area contributed by atoms with Gasteiger partial charge in [0.2, 0.25) is 11.8 Å². The Morgan fingerprint density at radius 3 is 2.53 bits per heavy atom. The lowest BCUT2D eigenvalue weighted by atomic mass is 10.2. The summed E-state index contributed by atoms with van der Waals surface area (Å²) in [5, 5.41) is 14.4. The molecule has 1 heterocycles. The van der Waals surface area contributed by atoms with E-state index in [-0.39, 0.29) is 23.3 Å². The molecule has 156 valence electrons. The van der Waals surface area contributed by atoms with Crippen LogP contribution in [-0.2, 0) is 4.79 Å². The molecule has 4 N–H and O–H groups in total. The summed E-state index contributed by atoms with van der Waals surface area (Å²) in [5.41, 5.74) is 6.76. The van der Waals surface area contributed by atoms with Crippen molar-refractivity contribution in [1.29, 1.82) is 0 Å². The normalized spacial score (nSPS) is 11.4. The first-order valence-corrected chi connectivity index (χ1v) is 9.37. The molecular formula is C20H21N5O4S. The zero-order valence-corrected chi connectivity index (χ0v) is 17.2. The number of para-hydroxylation sites is 1. The van der Waals surface area contributed by atoms with Crippen molar-refractivity contribution in [2.24, 2.45) is 5.73 Å². The van der Waals surface area contributed by atoms with E-state index in [2.05, 4.69) is 20.8 Å². The van der Waals surface area contributed by atoms with Crippen LogP contribution in [-0.4, -0.2) is 35.4 Å². The van der Waals surface area contributed by atoms with Crippen LogP contribution in [0.15, 0.2) is 52.9 Å². The number of primary amides is 1. The molecule has 30 heavy (non-hydrogen) atoms. The molecule has 0 saturated carbocycles. The molecule has 0 saturated heterocycles. The highest BCUT2D eigenvalue weighted by Gasteiger charge is 2.23. The highest BCUT2D eigenvalue weighted by molar-refractivity contribution is 7.80. The number of amides is 1. The average Bonchev–Trinajstić information content (AvgIpc) is 3.23. The van der Waals surface area contributed by atoms with Gasteiger partial charge in [-0.05, 0) is 48.6 Å². The van der Waals surface area contributed by atoms with Crippen LogP contribution in [0.2, 0.25) is 0 Å². The predicted molar refractivity (Wildman–Crippen MR) is 115 cm³/mol. The second-order valence-electron chi connectivity index (χ2n) is 6.20. The lowest BCUT2D eigenvalue weighted by Crippen LogP contribution is -2.34. The number of ether oxygens (including phenoxy) is 2. The van der Waals surface area contributed by atoms with Gasteiger partial charge < -0.3 is 30.3 Å². The molecule has 3 rings (SSSR count). The van der Waals surface area contributed by atoms with Gasteiger partial charge in [0.15, 0.2) is 5.11 Å². The van der Waals surface area contributed by atoms with Gasteiger partial charge in [0.05, 0.1) is 26.2 Å². The number of thiocarbonyl (C=S) groups is 1. The monoisotopic (exact) mass is 427 g/mol. The van der Waals surface area contributed by atoms with Gasteiger partial charge in [-0.25, -0.2) is 0 Å². The molecular weight excluding hydrogens is 406 g/mol. The number of rotatable bonds is 8.